The summed E-state index contributed by atoms with van der Waals surface area (Å²) in [5, 5.41) is 2.75. The van der Waals surface area contributed by atoms with Crippen LogP contribution in [0.5, 0.6) is 11.5 Å². The van der Waals surface area contributed by atoms with Crippen LogP contribution in [-0.2, 0) is 13.0 Å². The van der Waals surface area contributed by atoms with Crippen molar-refractivity contribution in [2.24, 2.45) is 0 Å². The molecule has 4 nitrogen and oxygen atoms in total. The lowest BCUT2D eigenvalue weighted by atomic mass is 10.0. The van der Waals surface area contributed by atoms with E-state index < -0.39 is 0 Å². The Morgan fingerprint density at radius 2 is 1.79 bits per heavy atom. The smallest absolute Gasteiger partial charge is 0.255 e. The number of rotatable bonds is 5. The topological polar surface area (TPSA) is 47.6 Å². The third-order valence-electron chi connectivity index (χ3n) is 4.77. The molecular formula is C24H22FNO3. The number of para-hydroxylation sites is 1. The average molecular weight is 391 g/mol. The molecule has 0 fully saturated rings. The molecule has 1 aliphatic heterocycles. The molecule has 0 aliphatic carbocycles. The highest BCUT2D eigenvalue weighted by Gasteiger charge is 2.32. The van der Waals surface area contributed by atoms with E-state index in [4.69, 9.17) is 9.47 Å². The predicted molar refractivity (Wildman–Crippen MR) is 110 cm³/mol. The molecule has 0 saturated carbocycles. The molecule has 1 N–H and O–H groups in total. The van der Waals surface area contributed by atoms with Crippen LogP contribution in [0.2, 0.25) is 0 Å². The van der Waals surface area contributed by atoms with E-state index in [1.807, 2.05) is 24.3 Å². The molecule has 1 aliphatic rings. The lowest BCUT2D eigenvalue weighted by molar-refractivity contribution is 0.102. The Morgan fingerprint density at radius 3 is 2.52 bits per heavy atom. The van der Waals surface area contributed by atoms with Gasteiger partial charge in [0.2, 0.25) is 0 Å². The molecule has 0 saturated heterocycles. The zero-order valence-electron chi connectivity index (χ0n) is 16.4. The quantitative estimate of drug-likeness (QED) is 0.636. The van der Waals surface area contributed by atoms with Crippen LogP contribution in [0, 0.1) is 5.82 Å². The highest BCUT2D eigenvalue weighted by Crippen LogP contribution is 2.41. The molecule has 1 amide bonds. The lowest BCUT2D eigenvalue weighted by Gasteiger charge is -2.18. The maximum atomic E-state index is 13.0. The first-order chi connectivity index (χ1) is 13.9. The Kier molecular flexibility index (Phi) is 4.97. The summed E-state index contributed by atoms with van der Waals surface area (Å²) in [4.78, 5) is 12.3. The molecule has 0 unspecified atom stereocenters. The van der Waals surface area contributed by atoms with Crippen molar-refractivity contribution in [1.82, 2.24) is 0 Å². The third-order valence-corrected chi connectivity index (χ3v) is 4.77. The SMILES string of the molecule is CC1(C)Cc2cccc(OCc3ccc(C(=O)Nc4ccc(F)cc4)cc3)c2O1. The Labute approximate surface area is 169 Å². The highest BCUT2D eigenvalue weighted by atomic mass is 19.1. The van der Waals surface area contributed by atoms with Crippen molar-refractivity contribution in [3.05, 3.63) is 89.2 Å². The molecule has 5 heteroatoms. The number of carbonyl (C=O) groups excluding carboxylic acids is 1. The van der Waals surface area contributed by atoms with Crippen molar-refractivity contribution in [2.75, 3.05) is 5.32 Å². The van der Waals surface area contributed by atoms with E-state index in [1.165, 1.54) is 24.3 Å². The molecular weight excluding hydrogens is 369 g/mol. The molecule has 0 bridgehead atoms. The van der Waals surface area contributed by atoms with Gasteiger partial charge >= 0.3 is 0 Å². The van der Waals surface area contributed by atoms with Crippen LogP contribution in [0.4, 0.5) is 10.1 Å². The molecule has 0 aromatic heterocycles. The van der Waals surface area contributed by atoms with Crippen LogP contribution < -0.4 is 14.8 Å². The number of hydrogen-bond donors (Lipinski definition) is 1. The zero-order valence-corrected chi connectivity index (χ0v) is 16.4. The first-order valence-electron chi connectivity index (χ1n) is 9.49. The van der Waals surface area contributed by atoms with Gasteiger partial charge < -0.3 is 14.8 Å². The van der Waals surface area contributed by atoms with E-state index >= 15 is 0 Å². The minimum Gasteiger partial charge on any atom is -0.485 e. The molecule has 4 rings (SSSR count). The monoisotopic (exact) mass is 391 g/mol. The molecule has 148 valence electrons. The Bertz CT molecular complexity index is 1030. The fraction of sp³-hybridized carbons (Fsp3) is 0.208. The normalized spacial score (nSPS) is 14.0. The molecule has 3 aromatic rings. The molecule has 0 radical (unpaired) electrons. The maximum Gasteiger partial charge on any atom is 0.255 e. The third kappa shape index (κ3) is 4.40. The van der Waals surface area contributed by atoms with Crippen LogP contribution in [0.15, 0.2) is 66.7 Å². The van der Waals surface area contributed by atoms with E-state index in [1.54, 1.807) is 12.1 Å². The highest BCUT2D eigenvalue weighted by molar-refractivity contribution is 6.04. The Balaban J connectivity index is 1.39. The lowest BCUT2D eigenvalue weighted by Crippen LogP contribution is -2.24. The summed E-state index contributed by atoms with van der Waals surface area (Å²) in [6, 6.07) is 18.8. The van der Waals surface area contributed by atoms with E-state index in [9.17, 15) is 9.18 Å². The number of halogens is 1. The van der Waals surface area contributed by atoms with Gasteiger partial charge in [-0.15, -0.1) is 0 Å². The number of fused-ring (bicyclic) bond motifs is 1. The van der Waals surface area contributed by atoms with Gasteiger partial charge in [-0.25, -0.2) is 4.39 Å². The Morgan fingerprint density at radius 1 is 1.07 bits per heavy atom. The van der Waals surface area contributed by atoms with Gasteiger partial charge in [-0.1, -0.05) is 24.3 Å². The summed E-state index contributed by atoms with van der Waals surface area (Å²) in [6.07, 6.45) is 0.859. The summed E-state index contributed by atoms with van der Waals surface area (Å²) in [5.74, 6) is 0.949. The van der Waals surface area contributed by atoms with Gasteiger partial charge in [0.1, 0.15) is 18.0 Å². The summed E-state index contributed by atoms with van der Waals surface area (Å²) in [6.45, 7) is 4.50. The average Bonchev–Trinajstić information content (AvgIpc) is 3.03. The van der Waals surface area contributed by atoms with Crippen molar-refractivity contribution in [3.63, 3.8) is 0 Å². The van der Waals surface area contributed by atoms with Gasteiger partial charge in [0, 0.05) is 23.2 Å². The minimum absolute atomic E-state index is 0.221. The summed E-state index contributed by atoms with van der Waals surface area (Å²) < 4.78 is 25.0. The number of amides is 1. The summed E-state index contributed by atoms with van der Waals surface area (Å²) in [7, 11) is 0. The van der Waals surface area contributed by atoms with Gasteiger partial charge in [0.05, 0.1) is 0 Å². The standard InChI is InChI=1S/C24H22FNO3/c1-24(2)14-18-4-3-5-21(22(18)29-24)28-15-16-6-8-17(9-7-16)23(27)26-20-12-10-19(25)11-13-20/h3-13H,14-15H2,1-2H3,(H,26,27). The molecule has 0 spiro atoms. The van der Waals surface area contributed by atoms with Gasteiger partial charge in [-0.2, -0.15) is 0 Å². The van der Waals surface area contributed by atoms with Crippen molar-refractivity contribution in [2.45, 2.75) is 32.5 Å². The van der Waals surface area contributed by atoms with E-state index in [-0.39, 0.29) is 17.3 Å². The number of hydrogen-bond acceptors (Lipinski definition) is 3. The van der Waals surface area contributed by atoms with Crippen molar-refractivity contribution in [1.29, 1.82) is 0 Å². The fourth-order valence-corrected chi connectivity index (χ4v) is 3.35. The van der Waals surface area contributed by atoms with Crippen molar-refractivity contribution >= 4 is 11.6 Å². The van der Waals surface area contributed by atoms with E-state index in [0.717, 1.165) is 29.0 Å². The minimum atomic E-state index is -0.342. The first kappa shape index (κ1) is 19.0. The van der Waals surface area contributed by atoms with Gasteiger partial charge in [0.25, 0.3) is 5.91 Å². The zero-order chi connectivity index (χ0) is 20.4. The van der Waals surface area contributed by atoms with Gasteiger partial charge in [0.15, 0.2) is 11.5 Å². The van der Waals surface area contributed by atoms with E-state index in [0.29, 0.717) is 17.9 Å². The second kappa shape index (κ2) is 7.59. The Hall–Kier alpha value is -3.34. The number of carbonyl (C=O) groups is 1. The number of benzene rings is 3. The summed E-state index contributed by atoms with van der Waals surface area (Å²) in [5.41, 5.74) is 2.94. The summed E-state index contributed by atoms with van der Waals surface area (Å²) >= 11 is 0. The first-order valence-corrected chi connectivity index (χ1v) is 9.49. The number of ether oxygens (including phenoxy) is 2. The van der Waals surface area contributed by atoms with Crippen LogP contribution in [0.3, 0.4) is 0 Å². The second-order valence-corrected chi connectivity index (χ2v) is 7.73. The van der Waals surface area contributed by atoms with Gasteiger partial charge in [-0.05, 0) is 61.9 Å². The number of nitrogens with one attached hydrogen (secondary N) is 1. The van der Waals surface area contributed by atoms with Crippen LogP contribution in [-0.4, -0.2) is 11.5 Å². The fourth-order valence-electron chi connectivity index (χ4n) is 3.35. The van der Waals surface area contributed by atoms with Gasteiger partial charge in [-0.3, -0.25) is 4.79 Å². The van der Waals surface area contributed by atoms with Crippen LogP contribution in [0.1, 0.15) is 35.3 Å². The molecule has 0 atom stereocenters. The largest absolute Gasteiger partial charge is 0.485 e. The predicted octanol–water partition coefficient (Wildman–Crippen LogP) is 5.37. The molecule has 1 heterocycles. The maximum absolute atomic E-state index is 13.0. The van der Waals surface area contributed by atoms with Crippen LogP contribution in [0.25, 0.3) is 0 Å². The second-order valence-electron chi connectivity index (χ2n) is 7.73. The molecule has 3 aromatic carbocycles. The number of anilines is 1. The van der Waals surface area contributed by atoms with Crippen molar-refractivity contribution in [3.8, 4) is 11.5 Å². The van der Waals surface area contributed by atoms with Crippen molar-refractivity contribution < 1.29 is 18.7 Å². The van der Waals surface area contributed by atoms with E-state index in [2.05, 4.69) is 25.2 Å². The van der Waals surface area contributed by atoms with Crippen LogP contribution >= 0.6 is 0 Å². The molecule has 29 heavy (non-hydrogen) atoms.